The zero-order valence-corrected chi connectivity index (χ0v) is 16.0. The Balaban J connectivity index is 1.42. The van der Waals surface area contributed by atoms with Crippen LogP contribution in [0.4, 0.5) is 10.1 Å². The third-order valence-electron chi connectivity index (χ3n) is 5.14. The first-order valence-corrected chi connectivity index (χ1v) is 9.48. The number of nitrogens with zero attached hydrogens (tertiary/aromatic N) is 2. The van der Waals surface area contributed by atoms with E-state index in [0.717, 1.165) is 43.6 Å². The second-order valence-electron chi connectivity index (χ2n) is 7.27. The number of carbonyl (C=O) groups is 1. The van der Waals surface area contributed by atoms with E-state index in [1.807, 2.05) is 48.2 Å². The molecule has 5 heteroatoms. The van der Waals surface area contributed by atoms with Gasteiger partial charge in [-0.1, -0.05) is 0 Å². The van der Waals surface area contributed by atoms with Crippen molar-refractivity contribution in [2.45, 2.75) is 19.3 Å². The zero-order valence-electron chi connectivity index (χ0n) is 16.0. The molecule has 0 spiro atoms. The average Bonchev–Trinajstić information content (AvgIpc) is 2.69. The Bertz CT molecular complexity index is 736. The quantitative estimate of drug-likeness (QED) is 0.763. The molecule has 2 aromatic carbocycles. The molecule has 2 aromatic rings. The van der Waals surface area contributed by atoms with Crippen molar-refractivity contribution in [1.82, 2.24) is 4.90 Å². The monoisotopic (exact) mass is 370 g/mol. The van der Waals surface area contributed by atoms with E-state index < -0.39 is 0 Å². The van der Waals surface area contributed by atoms with Crippen LogP contribution >= 0.6 is 0 Å². The van der Waals surface area contributed by atoms with Crippen molar-refractivity contribution in [1.29, 1.82) is 0 Å². The fourth-order valence-corrected chi connectivity index (χ4v) is 3.38. The Hall–Kier alpha value is -2.56. The van der Waals surface area contributed by atoms with E-state index in [9.17, 15) is 9.18 Å². The van der Waals surface area contributed by atoms with Gasteiger partial charge in [-0.15, -0.1) is 0 Å². The van der Waals surface area contributed by atoms with Gasteiger partial charge in [0.1, 0.15) is 11.6 Å². The molecular weight excluding hydrogens is 343 g/mol. The number of benzene rings is 2. The van der Waals surface area contributed by atoms with Crippen molar-refractivity contribution >= 4 is 11.6 Å². The van der Waals surface area contributed by atoms with Gasteiger partial charge in [0.2, 0.25) is 0 Å². The molecule has 144 valence electrons. The van der Waals surface area contributed by atoms with Crippen LogP contribution in [0.1, 0.15) is 29.6 Å². The first-order valence-electron chi connectivity index (χ1n) is 9.48. The fourth-order valence-electron chi connectivity index (χ4n) is 3.38. The number of hydrogen-bond acceptors (Lipinski definition) is 3. The summed E-state index contributed by atoms with van der Waals surface area (Å²) in [6.07, 6.45) is 2.94. The molecule has 1 heterocycles. The average molecular weight is 370 g/mol. The highest BCUT2D eigenvalue weighted by Gasteiger charge is 2.23. The lowest BCUT2D eigenvalue weighted by atomic mass is 9.93. The van der Waals surface area contributed by atoms with Crippen LogP contribution in [0.2, 0.25) is 0 Å². The highest BCUT2D eigenvalue weighted by Crippen LogP contribution is 2.23. The van der Waals surface area contributed by atoms with Crippen molar-refractivity contribution in [3.63, 3.8) is 0 Å². The van der Waals surface area contributed by atoms with Crippen LogP contribution < -0.4 is 9.64 Å². The van der Waals surface area contributed by atoms with Gasteiger partial charge in [-0.05, 0) is 73.7 Å². The number of likely N-dealkylation sites (tertiary alicyclic amines) is 1. The standard InChI is InChI=1S/C22H27FN2O2/c1-24(2)20-7-3-18(4-8-20)22(26)25-14-11-17(12-15-25)13-16-27-21-9-5-19(23)6-10-21/h3-10,17H,11-16H2,1-2H3. The van der Waals surface area contributed by atoms with Gasteiger partial charge in [0.05, 0.1) is 6.61 Å². The SMILES string of the molecule is CN(C)c1ccc(C(=O)N2CCC(CCOc3ccc(F)cc3)CC2)cc1. The van der Waals surface area contributed by atoms with Gasteiger partial charge in [-0.3, -0.25) is 4.79 Å². The van der Waals surface area contributed by atoms with Crippen LogP contribution in [0.3, 0.4) is 0 Å². The van der Waals surface area contributed by atoms with Crippen LogP contribution in [0, 0.1) is 11.7 Å². The number of anilines is 1. The Morgan fingerprint density at radius 3 is 2.30 bits per heavy atom. The molecule has 0 N–H and O–H groups in total. The number of ether oxygens (including phenoxy) is 1. The zero-order chi connectivity index (χ0) is 19.2. The van der Waals surface area contributed by atoms with Gasteiger partial charge < -0.3 is 14.5 Å². The molecule has 27 heavy (non-hydrogen) atoms. The first-order chi connectivity index (χ1) is 13.0. The van der Waals surface area contributed by atoms with Crippen molar-refractivity contribution < 1.29 is 13.9 Å². The molecule has 0 atom stereocenters. The number of piperidine rings is 1. The predicted octanol–water partition coefficient (Wildman–Crippen LogP) is 4.21. The topological polar surface area (TPSA) is 32.8 Å². The molecule has 0 bridgehead atoms. The summed E-state index contributed by atoms with van der Waals surface area (Å²) in [5, 5.41) is 0. The fraction of sp³-hybridized carbons (Fsp3) is 0.409. The minimum absolute atomic E-state index is 0.112. The van der Waals surface area contributed by atoms with E-state index in [1.165, 1.54) is 12.1 Å². The lowest BCUT2D eigenvalue weighted by Crippen LogP contribution is -2.38. The van der Waals surface area contributed by atoms with Gasteiger partial charge in [0.15, 0.2) is 0 Å². The van der Waals surface area contributed by atoms with Gasteiger partial charge in [-0.2, -0.15) is 0 Å². The van der Waals surface area contributed by atoms with Crippen molar-refractivity contribution in [2.24, 2.45) is 5.92 Å². The number of amides is 1. The lowest BCUT2D eigenvalue weighted by Gasteiger charge is -2.32. The molecular formula is C22H27FN2O2. The highest BCUT2D eigenvalue weighted by molar-refractivity contribution is 5.94. The van der Waals surface area contributed by atoms with Crippen molar-refractivity contribution in [3.8, 4) is 5.75 Å². The molecule has 0 unspecified atom stereocenters. The van der Waals surface area contributed by atoms with Crippen LogP contribution in [0.25, 0.3) is 0 Å². The number of carbonyl (C=O) groups excluding carboxylic acids is 1. The molecule has 1 aliphatic heterocycles. The summed E-state index contributed by atoms with van der Waals surface area (Å²) in [6.45, 7) is 2.20. The molecule has 0 aliphatic carbocycles. The molecule has 1 saturated heterocycles. The van der Waals surface area contributed by atoms with Crippen LogP contribution in [0.15, 0.2) is 48.5 Å². The molecule has 0 aromatic heterocycles. The molecule has 1 amide bonds. The Morgan fingerprint density at radius 1 is 1.07 bits per heavy atom. The van der Waals surface area contributed by atoms with Gasteiger partial charge >= 0.3 is 0 Å². The number of hydrogen-bond donors (Lipinski definition) is 0. The van der Waals surface area contributed by atoms with Gasteiger partial charge in [0, 0.05) is 38.4 Å². The largest absolute Gasteiger partial charge is 0.494 e. The lowest BCUT2D eigenvalue weighted by molar-refractivity contribution is 0.0680. The summed E-state index contributed by atoms with van der Waals surface area (Å²) < 4.78 is 18.6. The summed E-state index contributed by atoms with van der Waals surface area (Å²) in [6, 6.07) is 13.9. The van der Waals surface area contributed by atoms with E-state index >= 15 is 0 Å². The molecule has 1 aliphatic rings. The minimum atomic E-state index is -0.254. The van der Waals surface area contributed by atoms with Crippen LogP contribution in [-0.4, -0.2) is 44.6 Å². The maximum atomic E-state index is 12.9. The molecule has 3 rings (SSSR count). The predicted molar refractivity (Wildman–Crippen MR) is 106 cm³/mol. The van der Waals surface area contributed by atoms with Crippen LogP contribution in [-0.2, 0) is 0 Å². The number of rotatable bonds is 6. The second-order valence-corrected chi connectivity index (χ2v) is 7.27. The first kappa shape index (κ1) is 19.2. The Kier molecular flexibility index (Phi) is 6.32. The van der Waals surface area contributed by atoms with E-state index in [2.05, 4.69) is 0 Å². The summed E-state index contributed by atoms with van der Waals surface area (Å²) >= 11 is 0. The highest BCUT2D eigenvalue weighted by atomic mass is 19.1. The van der Waals surface area contributed by atoms with E-state index in [4.69, 9.17) is 4.74 Å². The summed E-state index contributed by atoms with van der Waals surface area (Å²) in [4.78, 5) is 16.6. The van der Waals surface area contributed by atoms with E-state index in [1.54, 1.807) is 12.1 Å². The van der Waals surface area contributed by atoms with Crippen molar-refractivity contribution in [2.75, 3.05) is 38.7 Å². The molecule has 4 nitrogen and oxygen atoms in total. The number of halogens is 1. The Morgan fingerprint density at radius 2 is 1.70 bits per heavy atom. The van der Waals surface area contributed by atoms with Gasteiger partial charge in [-0.25, -0.2) is 4.39 Å². The maximum absolute atomic E-state index is 12.9. The molecule has 0 saturated carbocycles. The normalized spacial score (nSPS) is 14.9. The minimum Gasteiger partial charge on any atom is -0.494 e. The van der Waals surface area contributed by atoms with Crippen molar-refractivity contribution in [3.05, 3.63) is 59.9 Å². The maximum Gasteiger partial charge on any atom is 0.253 e. The third kappa shape index (κ3) is 5.22. The van der Waals surface area contributed by atoms with Gasteiger partial charge in [0.25, 0.3) is 5.91 Å². The third-order valence-corrected chi connectivity index (χ3v) is 5.14. The summed E-state index contributed by atoms with van der Waals surface area (Å²) in [5.74, 6) is 1.12. The molecule has 1 fully saturated rings. The summed E-state index contributed by atoms with van der Waals surface area (Å²) in [5.41, 5.74) is 1.84. The smallest absolute Gasteiger partial charge is 0.253 e. The van der Waals surface area contributed by atoms with E-state index in [-0.39, 0.29) is 11.7 Å². The second kappa shape index (κ2) is 8.89. The summed E-state index contributed by atoms with van der Waals surface area (Å²) in [7, 11) is 3.97. The molecule has 0 radical (unpaired) electrons. The van der Waals surface area contributed by atoms with Crippen LogP contribution in [0.5, 0.6) is 5.75 Å². The van der Waals surface area contributed by atoms with E-state index in [0.29, 0.717) is 18.3 Å². The Labute approximate surface area is 160 Å².